The molecule has 4 aliphatic carbocycles. The molecule has 3 heteroatoms. The van der Waals surface area contributed by atoms with E-state index in [1.165, 1.54) is 50.7 Å². The van der Waals surface area contributed by atoms with Gasteiger partial charge < -0.3 is 0 Å². The van der Waals surface area contributed by atoms with Crippen LogP contribution < -0.4 is 0 Å². The molecule has 4 bridgehead atoms. The Morgan fingerprint density at radius 2 is 1.50 bits per heavy atom. The topological polar surface area (TPSA) is 0 Å². The molecule has 0 spiro atoms. The predicted octanol–water partition coefficient (Wildman–Crippen LogP) is 5.46. The number of rotatable bonds is 2. The molecule has 20 heavy (non-hydrogen) atoms. The van der Waals surface area contributed by atoms with Gasteiger partial charge in [-0.15, -0.1) is 11.6 Å². The van der Waals surface area contributed by atoms with Crippen molar-refractivity contribution in [2.75, 3.05) is 0 Å². The van der Waals surface area contributed by atoms with Gasteiger partial charge in [0.1, 0.15) is 0 Å². The van der Waals surface area contributed by atoms with E-state index in [1.807, 2.05) is 0 Å². The van der Waals surface area contributed by atoms with E-state index >= 15 is 0 Å². The molecule has 4 saturated carbocycles. The summed E-state index contributed by atoms with van der Waals surface area (Å²) in [5.74, 6) is 0.870. The fraction of sp³-hybridized carbons (Fsp3) is 0.647. The van der Waals surface area contributed by atoms with E-state index in [1.54, 1.807) is 6.07 Å². The Hall–Kier alpha value is -0.630. The van der Waals surface area contributed by atoms with Crippen LogP contribution in [0.25, 0.3) is 0 Å². The maximum atomic E-state index is 13.5. The molecule has 1 aromatic rings. The number of benzene rings is 1. The van der Waals surface area contributed by atoms with Crippen molar-refractivity contribution in [3.05, 3.63) is 35.4 Å². The zero-order chi connectivity index (χ0) is 13.9. The van der Waals surface area contributed by atoms with E-state index in [0.29, 0.717) is 0 Å². The first-order valence-corrected chi connectivity index (χ1v) is 8.08. The highest BCUT2D eigenvalue weighted by molar-refractivity contribution is 6.21. The van der Waals surface area contributed by atoms with Crippen molar-refractivity contribution < 1.29 is 8.78 Å². The molecule has 1 aromatic carbocycles. The number of hydrogen-bond donors (Lipinski definition) is 0. The minimum atomic E-state index is -0.789. The first-order valence-electron chi connectivity index (χ1n) is 7.65. The van der Waals surface area contributed by atoms with Crippen LogP contribution in [-0.4, -0.2) is 0 Å². The molecular weight excluding hydrogens is 278 g/mol. The van der Waals surface area contributed by atoms with Gasteiger partial charge in [-0.1, -0.05) is 6.07 Å². The Morgan fingerprint density at radius 3 is 2.00 bits per heavy atom. The molecule has 0 heterocycles. The number of halogens is 3. The summed E-state index contributed by atoms with van der Waals surface area (Å²) >= 11 is 6.76. The van der Waals surface area contributed by atoms with Crippen LogP contribution >= 0.6 is 11.6 Å². The molecule has 0 saturated heterocycles. The zero-order valence-corrected chi connectivity index (χ0v) is 12.2. The number of alkyl halides is 1. The minimum Gasteiger partial charge on any atom is -0.204 e. The lowest BCUT2D eigenvalue weighted by Gasteiger charge is -2.58. The lowest BCUT2D eigenvalue weighted by Crippen LogP contribution is -2.47. The van der Waals surface area contributed by atoms with E-state index in [4.69, 9.17) is 11.6 Å². The van der Waals surface area contributed by atoms with Crippen LogP contribution in [0.2, 0.25) is 0 Å². The summed E-state index contributed by atoms with van der Waals surface area (Å²) in [5, 5.41) is -0.175. The third kappa shape index (κ3) is 1.91. The largest absolute Gasteiger partial charge is 0.204 e. The van der Waals surface area contributed by atoms with Crippen molar-refractivity contribution in [1.29, 1.82) is 0 Å². The van der Waals surface area contributed by atoms with Crippen molar-refractivity contribution in [1.82, 2.24) is 0 Å². The van der Waals surface area contributed by atoms with E-state index in [-0.39, 0.29) is 10.8 Å². The van der Waals surface area contributed by atoms with Gasteiger partial charge in [0.2, 0.25) is 0 Å². The molecule has 4 aliphatic rings. The molecule has 0 N–H and O–H groups in total. The van der Waals surface area contributed by atoms with Crippen LogP contribution in [0.5, 0.6) is 0 Å². The first-order chi connectivity index (χ1) is 9.56. The average Bonchev–Trinajstić information content (AvgIpc) is 2.39. The molecule has 1 unspecified atom stereocenters. The second kappa shape index (κ2) is 4.43. The van der Waals surface area contributed by atoms with Gasteiger partial charge in [-0.2, -0.15) is 0 Å². The van der Waals surface area contributed by atoms with Crippen molar-refractivity contribution in [3.63, 3.8) is 0 Å². The summed E-state index contributed by atoms with van der Waals surface area (Å²) in [7, 11) is 0. The van der Waals surface area contributed by atoms with E-state index < -0.39 is 11.6 Å². The third-order valence-electron chi connectivity index (χ3n) is 5.86. The maximum Gasteiger partial charge on any atom is 0.159 e. The van der Waals surface area contributed by atoms with Gasteiger partial charge in [0.05, 0.1) is 5.38 Å². The van der Waals surface area contributed by atoms with Gasteiger partial charge >= 0.3 is 0 Å². The fourth-order valence-electron chi connectivity index (χ4n) is 5.51. The molecule has 0 amide bonds. The lowest BCUT2D eigenvalue weighted by atomic mass is 9.48. The summed E-state index contributed by atoms with van der Waals surface area (Å²) in [6.45, 7) is 0. The Kier molecular flexibility index (Phi) is 2.89. The summed E-state index contributed by atoms with van der Waals surface area (Å²) in [6, 6.07) is 4.17. The molecular formula is C17H19ClF2. The van der Waals surface area contributed by atoms with Gasteiger partial charge in [0.15, 0.2) is 11.6 Å². The summed E-state index contributed by atoms with van der Waals surface area (Å²) in [5.41, 5.74) is 0.883. The third-order valence-corrected chi connectivity index (χ3v) is 6.57. The van der Waals surface area contributed by atoms with Gasteiger partial charge in [-0.25, -0.2) is 8.78 Å². The average molecular weight is 297 g/mol. The smallest absolute Gasteiger partial charge is 0.159 e. The van der Waals surface area contributed by atoms with E-state index in [9.17, 15) is 8.78 Å². The maximum absolute atomic E-state index is 13.5. The van der Waals surface area contributed by atoms with Crippen LogP contribution in [-0.2, 0) is 0 Å². The SMILES string of the molecule is Fc1ccc(C(Cl)C23CC4CC(CC(C4)C2)C3)cc1F. The Bertz CT molecular complexity index is 505. The summed E-state index contributed by atoms with van der Waals surface area (Å²) in [4.78, 5) is 0. The Labute approximate surface area is 123 Å². The first kappa shape index (κ1) is 13.1. The molecule has 0 nitrogen and oxygen atoms in total. The quantitative estimate of drug-likeness (QED) is 0.636. The normalized spacial score (nSPS) is 40.0. The van der Waals surface area contributed by atoms with Gasteiger partial charge in [-0.3, -0.25) is 0 Å². The molecule has 0 aromatic heterocycles. The van der Waals surface area contributed by atoms with Crippen LogP contribution in [0.1, 0.15) is 49.5 Å². The Balaban J connectivity index is 1.67. The molecule has 1 atom stereocenters. The van der Waals surface area contributed by atoms with Crippen molar-refractivity contribution in [3.8, 4) is 0 Å². The van der Waals surface area contributed by atoms with Crippen molar-refractivity contribution in [2.24, 2.45) is 23.2 Å². The molecule has 5 rings (SSSR count). The molecule has 108 valence electrons. The second-order valence-electron chi connectivity index (χ2n) is 7.32. The van der Waals surface area contributed by atoms with Gasteiger partial charge in [0.25, 0.3) is 0 Å². The highest BCUT2D eigenvalue weighted by Gasteiger charge is 2.54. The number of hydrogen-bond acceptors (Lipinski definition) is 0. The fourth-order valence-corrected chi connectivity index (χ4v) is 5.91. The van der Waals surface area contributed by atoms with Crippen LogP contribution in [0.15, 0.2) is 18.2 Å². The minimum absolute atomic E-state index is 0.126. The van der Waals surface area contributed by atoms with E-state index in [2.05, 4.69) is 0 Å². The molecule has 0 radical (unpaired) electrons. The van der Waals surface area contributed by atoms with Crippen LogP contribution in [0.4, 0.5) is 8.78 Å². The van der Waals surface area contributed by atoms with E-state index in [0.717, 1.165) is 23.3 Å². The standard InChI is InChI=1S/C17H19ClF2/c18-16(13-1-2-14(19)15(20)6-13)17-7-10-3-11(8-17)5-12(4-10)9-17/h1-2,6,10-12,16H,3-5,7-9H2. The highest BCUT2D eigenvalue weighted by atomic mass is 35.5. The Morgan fingerprint density at radius 1 is 0.950 bits per heavy atom. The van der Waals surface area contributed by atoms with Gasteiger partial charge in [-0.05, 0) is 79.4 Å². The predicted molar refractivity (Wildman–Crippen MR) is 75.6 cm³/mol. The molecule has 0 aliphatic heterocycles. The van der Waals surface area contributed by atoms with Gasteiger partial charge in [0, 0.05) is 0 Å². The van der Waals surface area contributed by atoms with Crippen molar-refractivity contribution in [2.45, 2.75) is 43.9 Å². The summed E-state index contributed by atoms with van der Waals surface area (Å²) < 4.78 is 26.6. The zero-order valence-electron chi connectivity index (χ0n) is 11.4. The monoisotopic (exact) mass is 296 g/mol. The summed E-state index contributed by atoms with van der Waals surface area (Å²) in [6.07, 6.45) is 7.60. The van der Waals surface area contributed by atoms with Crippen LogP contribution in [0, 0.1) is 34.8 Å². The van der Waals surface area contributed by atoms with Crippen molar-refractivity contribution >= 4 is 11.6 Å². The molecule has 4 fully saturated rings. The highest BCUT2D eigenvalue weighted by Crippen LogP contribution is 2.65. The lowest BCUT2D eigenvalue weighted by molar-refractivity contribution is -0.0552. The second-order valence-corrected chi connectivity index (χ2v) is 7.75. The van der Waals surface area contributed by atoms with Crippen LogP contribution in [0.3, 0.4) is 0 Å².